The lowest BCUT2D eigenvalue weighted by atomic mass is 10.2. The van der Waals surface area contributed by atoms with E-state index in [2.05, 4.69) is 10.2 Å². The van der Waals surface area contributed by atoms with Crippen molar-refractivity contribution in [3.63, 3.8) is 0 Å². The molecule has 6 nitrogen and oxygen atoms in total. The molecule has 1 aliphatic rings. The maximum absolute atomic E-state index is 13.9. The van der Waals surface area contributed by atoms with Gasteiger partial charge >= 0.3 is 0 Å². The maximum atomic E-state index is 13.9. The van der Waals surface area contributed by atoms with Gasteiger partial charge in [-0.2, -0.15) is 0 Å². The Bertz CT molecular complexity index is 989. The Labute approximate surface area is 172 Å². The zero-order valence-electron chi connectivity index (χ0n) is 15.9. The molecule has 0 radical (unpaired) electrons. The maximum Gasteiger partial charge on any atom is 0.277 e. The Hall–Kier alpha value is -2.87. The molecule has 0 unspecified atom stereocenters. The van der Waals surface area contributed by atoms with Crippen LogP contribution in [0.1, 0.15) is 18.4 Å². The molecule has 2 aromatic carbocycles. The smallest absolute Gasteiger partial charge is 0.277 e. The molecule has 1 saturated carbocycles. The van der Waals surface area contributed by atoms with Crippen LogP contribution < -0.4 is 4.74 Å². The van der Waals surface area contributed by atoms with Crippen LogP contribution in [0.15, 0.2) is 58.2 Å². The molecule has 0 bridgehead atoms. The number of carbonyl (C=O) groups is 1. The van der Waals surface area contributed by atoms with Crippen molar-refractivity contribution in [1.29, 1.82) is 0 Å². The van der Waals surface area contributed by atoms with Crippen LogP contribution in [0, 0.1) is 5.82 Å². The Balaban J connectivity index is 1.38. The summed E-state index contributed by atoms with van der Waals surface area (Å²) in [6.45, 7) is 0.554. The summed E-state index contributed by atoms with van der Waals surface area (Å²) in [7, 11) is 1.63. The van der Waals surface area contributed by atoms with Gasteiger partial charge in [0.1, 0.15) is 11.6 Å². The number of amides is 1. The second-order valence-electron chi connectivity index (χ2n) is 6.74. The standard InChI is InChI=1S/C21H20FN3O3S/c1-27-16-10-6-14(7-11-16)12-25(15-8-9-15)19(26)13-29-21-24-23-20(28-21)17-4-2-3-5-18(17)22/h2-7,10-11,15H,8-9,12-13H2,1H3. The molecule has 3 aromatic rings. The van der Waals surface area contributed by atoms with Crippen molar-refractivity contribution in [2.24, 2.45) is 0 Å². The number of methoxy groups -OCH3 is 1. The fourth-order valence-electron chi connectivity index (χ4n) is 2.95. The molecule has 0 saturated heterocycles. The highest BCUT2D eigenvalue weighted by atomic mass is 32.2. The largest absolute Gasteiger partial charge is 0.497 e. The number of ether oxygens (including phenoxy) is 1. The minimum absolute atomic E-state index is 0.0129. The molecule has 1 heterocycles. The lowest BCUT2D eigenvalue weighted by Crippen LogP contribution is -2.33. The number of thioether (sulfide) groups is 1. The van der Waals surface area contributed by atoms with Crippen LogP contribution in [0.4, 0.5) is 4.39 Å². The molecule has 1 amide bonds. The van der Waals surface area contributed by atoms with Gasteiger partial charge in [-0.3, -0.25) is 4.79 Å². The molecule has 29 heavy (non-hydrogen) atoms. The number of carbonyl (C=O) groups excluding carboxylic acids is 1. The minimum atomic E-state index is -0.428. The van der Waals surface area contributed by atoms with Crippen molar-refractivity contribution < 1.29 is 18.3 Å². The molecule has 1 aromatic heterocycles. The Morgan fingerprint density at radius 1 is 1.21 bits per heavy atom. The van der Waals surface area contributed by atoms with Crippen molar-refractivity contribution in [2.45, 2.75) is 30.7 Å². The topological polar surface area (TPSA) is 68.5 Å². The van der Waals surface area contributed by atoms with E-state index in [4.69, 9.17) is 9.15 Å². The van der Waals surface area contributed by atoms with Crippen molar-refractivity contribution in [2.75, 3.05) is 12.9 Å². The van der Waals surface area contributed by atoms with Gasteiger partial charge in [0, 0.05) is 12.6 Å². The summed E-state index contributed by atoms with van der Waals surface area (Å²) in [5, 5.41) is 8.06. The summed E-state index contributed by atoms with van der Waals surface area (Å²) >= 11 is 1.17. The van der Waals surface area contributed by atoms with Gasteiger partial charge in [-0.25, -0.2) is 4.39 Å². The molecule has 0 N–H and O–H groups in total. The lowest BCUT2D eigenvalue weighted by Gasteiger charge is -2.22. The van der Waals surface area contributed by atoms with E-state index < -0.39 is 5.82 Å². The van der Waals surface area contributed by atoms with Gasteiger partial charge in [-0.05, 0) is 42.7 Å². The van der Waals surface area contributed by atoms with Crippen molar-refractivity contribution in [3.05, 3.63) is 59.9 Å². The molecular formula is C21H20FN3O3S. The Morgan fingerprint density at radius 2 is 1.97 bits per heavy atom. The van der Waals surface area contributed by atoms with Crippen molar-refractivity contribution >= 4 is 17.7 Å². The van der Waals surface area contributed by atoms with Crippen LogP contribution in [0.3, 0.4) is 0 Å². The number of hydrogen-bond acceptors (Lipinski definition) is 6. The SMILES string of the molecule is COc1ccc(CN(C(=O)CSc2nnc(-c3ccccc3F)o2)C2CC2)cc1. The Morgan fingerprint density at radius 3 is 2.66 bits per heavy atom. The Kier molecular flexibility index (Phi) is 5.80. The second kappa shape index (κ2) is 8.65. The first-order valence-corrected chi connectivity index (χ1v) is 10.3. The highest BCUT2D eigenvalue weighted by Crippen LogP contribution is 2.30. The molecule has 0 aliphatic heterocycles. The normalized spacial score (nSPS) is 13.3. The monoisotopic (exact) mass is 413 g/mol. The highest BCUT2D eigenvalue weighted by Gasteiger charge is 2.32. The van der Waals surface area contributed by atoms with Crippen LogP contribution in [0.25, 0.3) is 11.5 Å². The third kappa shape index (κ3) is 4.76. The third-order valence-corrected chi connectivity index (χ3v) is 5.45. The zero-order chi connectivity index (χ0) is 20.2. The van der Waals surface area contributed by atoms with Gasteiger partial charge in [0.25, 0.3) is 11.1 Å². The molecule has 1 fully saturated rings. The van der Waals surface area contributed by atoms with Gasteiger partial charge in [0.05, 0.1) is 18.4 Å². The fourth-order valence-corrected chi connectivity index (χ4v) is 3.60. The van der Waals surface area contributed by atoms with E-state index >= 15 is 0 Å². The number of hydrogen-bond donors (Lipinski definition) is 0. The van der Waals surface area contributed by atoms with E-state index in [0.29, 0.717) is 6.54 Å². The number of rotatable bonds is 8. The van der Waals surface area contributed by atoms with E-state index in [-0.39, 0.29) is 34.4 Å². The average Bonchev–Trinajstić information content (AvgIpc) is 3.48. The molecule has 8 heteroatoms. The molecule has 1 aliphatic carbocycles. The average molecular weight is 413 g/mol. The van der Waals surface area contributed by atoms with Crippen LogP contribution in [0.2, 0.25) is 0 Å². The summed E-state index contributed by atoms with van der Waals surface area (Å²) in [5.41, 5.74) is 1.30. The van der Waals surface area contributed by atoms with Crippen molar-refractivity contribution in [1.82, 2.24) is 15.1 Å². The van der Waals surface area contributed by atoms with Crippen LogP contribution in [0.5, 0.6) is 5.75 Å². The zero-order valence-corrected chi connectivity index (χ0v) is 16.7. The van der Waals surface area contributed by atoms with Gasteiger partial charge in [-0.15, -0.1) is 10.2 Å². The minimum Gasteiger partial charge on any atom is -0.497 e. The summed E-state index contributed by atoms with van der Waals surface area (Å²) in [6, 6.07) is 14.2. The van der Waals surface area contributed by atoms with E-state index in [0.717, 1.165) is 24.2 Å². The lowest BCUT2D eigenvalue weighted by molar-refractivity contribution is -0.129. The predicted molar refractivity (Wildman–Crippen MR) is 107 cm³/mol. The summed E-state index contributed by atoms with van der Waals surface area (Å²) in [4.78, 5) is 14.7. The van der Waals surface area contributed by atoms with Gasteiger partial charge in [-0.1, -0.05) is 36.0 Å². The summed E-state index contributed by atoms with van der Waals surface area (Å²) in [5.74, 6) is 0.666. The molecular weight excluding hydrogens is 393 g/mol. The third-order valence-electron chi connectivity index (χ3n) is 4.65. The first kappa shape index (κ1) is 19.4. The van der Waals surface area contributed by atoms with Gasteiger partial charge in [0.2, 0.25) is 5.91 Å². The first-order valence-electron chi connectivity index (χ1n) is 9.27. The van der Waals surface area contributed by atoms with Crippen LogP contribution in [-0.4, -0.2) is 39.9 Å². The quantitative estimate of drug-likeness (QED) is 0.517. The van der Waals surface area contributed by atoms with E-state index in [1.165, 1.54) is 17.8 Å². The number of aromatic nitrogens is 2. The molecule has 0 spiro atoms. The molecule has 4 rings (SSSR count). The highest BCUT2D eigenvalue weighted by molar-refractivity contribution is 7.99. The summed E-state index contributed by atoms with van der Waals surface area (Å²) in [6.07, 6.45) is 2.04. The van der Waals surface area contributed by atoms with Gasteiger partial charge in [0.15, 0.2) is 0 Å². The number of nitrogens with zero attached hydrogens (tertiary/aromatic N) is 3. The predicted octanol–water partition coefficient (Wildman–Crippen LogP) is 4.17. The second-order valence-corrected chi connectivity index (χ2v) is 7.67. The summed E-state index contributed by atoms with van der Waals surface area (Å²) < 4.78 is 24.5. The van der Waals surface area contributed by atoms with E-state index in [9.17, 15) is 9.18 Å². The van der Waals surface area contributed by atoms with Crippen LogP contribution in [-0.2, 0) is 11.3 Å². The number of benzene rings is 2. The fraction of sp³-hybridized carbons (Fsp3) is 0.286. The van der Waals surface area contributed by atoms with Crippen molar-refractivity contribution in [3.8, 4) is 17.2 Å². The van der Waals surface area contributed by atoms with E-state index in [1.54, 1.807) is 25.3 Å². The molecule has 0 atom stereocenters. The first-order chi connectivity index (χ1) is 14.1. The number of halogens is 1. The van der Waals surface area contributed by atoms with Crippen LogP contribution >= 0.6 is 11.8 Å². The van der Waals surface area contributed by atoms with Gasteiger partial charge < -0.3 is 14.1 Å². The molecule has 150 valence electrons. The van der Waals surface area contributed by atoms with E-state index in [1.807, 2.05) is 29.2 Å².